The zero-order valence-electron chi connectivity index (χ0n) is 26.6. The highest BCUT2D eigenvalue weighted by atomic mass is 16.5. The molecule has 0 aromatic heterocycles. The first-order valence-corrected chi connectivity index (χ1v) is 15.5. The molecule has 6 aromatic carbocycles. The minimum Gasteiger partial charge on any atom is -0.497 e. The smallest absolute Gasteiger partial charge is 0.119 e. The van der Waals surface area contributed by atoms with E-state index in [0.29, 0.717) is 0 Å². The molecule has 6 rings (SSSR count). The molecule has 6 aromatic rings. The molecular weight excluding hydrogens is 584 g/mol. The van der Waals surface area contributed by atoms with E-state index >= 15 is 0 Å². The average molecular weight is 623 g/mol. The van der Waals surface area contributed by atoms with E-state index in [1.165, 1.54) is 11.1 Å². The van der Waals surface area contributed by atoms with Gasteiger partial charge in [-0.3, -0.25) is 0 Å². The van der Waals surface area contributed by atoms with E-state index in [4.69, 9.17) is 9.47 Å². The number of hydrogen-bond acceptors (Lipinski definition) is 6. The van der Waals surface area contributed by atoms with Crippen LogP contribution in [0, 0.1) is 0 Å². The molecule has 0 atom stereocenters. The first kappa shape index (κ1) is 31.4. The minimum absolute atomic E-state index is 0.00213. The highest BCUT2D eigenvalue weighted by molar-refractivity contribution is 5.78. The summed E-state index contributed by atoms with van der Waals surface area (Å²) in [6.45, 7) is 0.00427. The standard InChI is InChI=1S/C41H38N2O4/c1-46-40-23-19-38(20-24-40)43(39-21-25-41(47-2)26-22-39)35-13-5-31(6-14-35)27-30-3-11-34(12-4-30)42(36-15-7-32(28-44)8-16-36)37-17-9-33(29-45)10-18-37/h3-26,44-45H,27-29H2,1-2H3. The SMILES string of the molecule is COc1ccc(N(c2ccc(Cc3ccc(N(c4ccc(CO)cc4)c4ccc(CO)cc4)cc3)cc2)c2ccc(OC)cc2)cc1. The summed E-state index contributed by atoms with van der Waals surface area (Å²) in [6, 6.07) is 49.2. The Hall–Kier alpha value is -5.56. The number of anilines is 6. The number of aliphatic hydroxyl groups excluding tert-OH is 2. The summed E-state index contributed by atoms with van der Waals surface area (Å²) >= 11 is 0. The maximum absolute atomic E-state index is 9.54. The molecule has 0 amide bonds. The van der Waals surface area contributed by atoms with Gasteiger partial charge in [0.05, 0.1) is 27.4 Å². The first-order valence-electron chi connectivity index (χ1n) is 15.5. The van der Waals surface area contributed by atoms with Gasteiger partial charge in [-0.05, 0) is 126 Å². The molecule has 0 unspecified atom stereocenters. The van der Waals surface area contributed by atoms with Gasteiger partial charge in [0, 0.05) is 34.1 Å². The quantitative estimate of drug-likeness (QED) is 0.142. The number of benzene rings is 6. The molecule has 0 radical (unpaired) electrons. The van der Waals surface area contributed by atoms with Crippen LogP contribution in [0.25, 0.3) is 0 Å². The summed E-state index contributed by atoms with van der Waals surface area (Å²) in [7, 11) is 3.35. The van der Waals surface area contributed by atoms with Crippen LogP contribution in [0.5, 0.6) is 11.5 Å². The lowest BCUT2D eigenvalue weighted by Crippen LogP contribution is -2.10. The number of aliphatic hydroxyl groups is 2. The normalized spacial score (nSPS) is 10.8. The van der Waals surface area contributed by atoms with Crippen molar-refractivity contribution in [3.63, 3.8) is 0 Å². The topological polar surface area (TPSA) is 65.4 Å². The number of rotatable bonds is 12. The Morgan fingerprint density at radius 1 is 0.362 bits per heavy atom. The molecule has 0 spiro atoms. The van der Waals surface area contributed by atoms with Crippen molar-refractivity contribution in [3.8, 4) is 11.5 Å². The van der Waals surface area contributed by atoms with Crippen molar-refractivity contribution in [2.45, 2.75) is 19.6 Å². The number of nitrogens with zero attached hydrogens (tertiary/aromatic N) is 2. The zero-order chi connectivity index (χ0) is 32.6. The van der Waals surface area contributed by atoms with Gasteiger partial charge >= 0.3 is 0 Å². The van der Waals surface area contributed by atoms with Crippen molar-refractivity contribution in [2.75, 3.05) is 24.0 Å². The fourth-order valence-electron chi connectivity index (χ4n) is 5.62. The molecule has 0 fully saturated rings. The fraction of sp³-hybridized carbons (Fsp3) is 0.122. The van der Waals surface area contributed by atoms with Gasteiger partial charge in [-0.25, -0.2) is 0 Å². The van der Waals surface area contributed by atoms with E-state index in [1.54, 1.807) is 14.2 Å². The van der Waals surface area contributed by atoms with E-state index in [1.807, 2.05) is 72.8 Å². The van der Waals surface area contributed by atoms with Crippen LogP contribution in [0.3, 0.4) is 0 Å². The summed E-state index contributed by atoms with van der Waals surface area (Å²) in [5, 5.41) is 19.1. The van der Waals surface area contributed by atoms with Gasteiger partial charge in [0.25, 0.3) is 0 Å². The van der Waals surface area contributed by atoms with E-state index < -0.39 is 0 Å². The number of methoxy groups -OCH3 is 2. The summed E-state index contributed by atoms with van der Waals surface area (Å²) in [5.74, 6) is 1.62. The third-order valence-corrected chi connectivity index (χ3v) is 8.21. The average Bonchev–Trinajstić information content (AvgIpc) is 3.14. The van der Waals surface area contributed by atoms with Crippen LogP contribution < -0.4 is 19.3 Å². The molecule has 47 heavy (non-hydrogen) atoms. The predicted molar refractivity (Wildman–Crippen MR) is 190 cm³/mol. The molecule has 0 aliphatic carbocycles. The van der Waals surface area contributed by atoms with E-state index in [-0.39, 0.29) is 13.2 Å². The Morgan fingerprint density at radius 2 is 0.596 bits per heavy atom. The summed E-state index contributed by atoms with van der Waals surface area (Å²) in [4.78, 5) is 4.39. The largest absolute Gasteiger partial charge is 0.497 e. The van der Waals surface area contributed by atoms with Crippen LogP contribution in [0.1, 0.15) is 22.3 Å². The van der Waals surface area contributed by atoms with Gasteiger partial charge in [-0.15, -0.1) is 0 Å². The van der Waals surface area contributed by atoms with Crippen molar-refractivity contribution < 1.29 is 19.7 Å². The lowest BCUT2D eigenvalue weighted by molar-refractivity contribution is 0.281. The third-order valence-electron chi connectivity index (χ3n) is 8.21. The molecule has 0 saturated heterocycles. The molecule has 0 heterocycles. The second-order valence-corrected chi connectivity index (χ2v) is 11.2. The maximum Gasteiger partial charge on any atom is 0.119 e. The first-order chi connectivity index (χ1) is 23.1. The summed E-state index contributed by atoms with van der Waals surface area (Å²) < 4.78 is 10.8. The third kappa shape index (κ3) is 7.31. The van der Waals surface area contributed by atoms with Crippen LogP contribution in [0.15, 0.2) is 146 Å². The predicted octanol–water partition coefficient (Wildman–Crippen LogP) is 9.22. The van der Waals surface area contributed by atoms with Gasteiger partial charge in [-0.1, -0.05) is 48.5 Å². The highest BCUT2D eigenvalue weighted by Gasteiger charge is 2.15. The van der Waals surface area contributed by atoms with Crippen LogP contribution in [-0.4, -0.2) is 24.4 Å². The van der Waals surface area contributed by atoms with E-state index in [9.17, 15) is 10.2 Å². The van der Waals surface area contributed by atoms with Crippen molar-refractivity contribution >= 4 is 34.1 Å². The van der Waals surface area contributed by atoms with E-state index in [0.717, 1.165) is 63.2 Å². The van der Waals surface area contributed by atoms with Gasteiger partial charge in [0.15, 0.2) is 0 Å². The van der Waals surface area contributed by atoms with Crippen LogP contribution in [-0.2, 0) is 19.6 Å². The minimum atomic E-state index is 0.00213. The molecule has 236 valence electrons. The Labute approximate surface area is 276 Å². The Morgan fingerprint density at radius 3 is 0.830 bits per heavy atom. The monoisotopic (exact) mass is 622 g/mol. The van der Waals surface area contributed by atoms with Gasteiger partial charge in [-0.2, -0.15) is 0 Å². The lowest BCUT2D eigenvalue weighted by Gasteiger charge is -2.26. The van der Waals surface area contributed by atoms with Crippen LogP contribution in [0.2, 0.25) is 0 Å². The van der Waals surface area contributed by atoms with Crippen molar-refractivity contribution in [3.05, 3.63) is 168 Å². The maximum atomic E-state index is 9.54. The molecule has 0 saturated carbocycles. The second kappa shape index (κ2) is 14.7. The van der Waals surface area contributed by atoms with Crippen LogP contribution >= 0.6 is 0 Å². The van der Waals surface area contributed by atoms with Crippen molar-refractivity contribution in [1.82, 2.24) is 0 Å². The lowest BCUT2D eigenvalue weighted by atomic mass is 10.0. The summed E-state index contributed by atoms with van der Waals surface area (Å²) in [6.07, 6.45) is 0.794. The number of ether oxygens (including phenoxy) is 2. The molecule has 0 aliphatic heterocycles. The van der Waals surface area contributed by atoms with Crippen LogP contribution in [0.4, 0.5) is 34.1 Å². The van der Waals surface area contributed by atoms with Gasteiger partial charge < -0.3 is 29.5 Å². The molecule has 2 N–H and O–H groups in total. The Kier molecular flexibility index (Phi) is 9.82. The second-order valence-electron chi connectivity index (χ2n) is 11.2. The van der Waals surface area contributed by atoms with E-state index in [2.05, 4.69) is 82.6 Å². The molecule has 0 bridgehead atoms. The molecule has 6 heteroatoms. The molecule has 6 nitrogen and oxygen atoms in total. The van der Waals surface area contributed by atoms with Crippen molar-refractivity contribution in [2.24, 2.45) is 0 Å². The van der Waals surface area contributed by atoms with Gasteiger partial charge in [0.1, 0.15) is 11.5 Å². The Balaban J connectivity index is 1.24. The fourth-order valence-corrected chi connectivity index (χ4v) is 5.62. The van der Waals surface area contributed by atoms with Gasteiger partial charge in [0.2, 0.25) is 0 Å². The molecule has 0 aliphatic rings. The van der Waals surface area contributed by atoms with Crippen molar-refractivity contribution in [1.29, 1.82) is 0 Å². The summed E-state index contributed by atoms with van der Waals surface area (Å²) in [5.41, 5.74) is 10.2. The number of hydrogen-bond donors (Lipinski definition) is 2. The Bertz CT molecular complexity index is 1620. The molecular formula is C41H38N2O4. The highest BCUT2D eigenvalue weighted by Crippen LogP contribution is 2.37. The zero-order valence-corrected chi connectivity index (χ0v) is 26.6.